The molecule has 3 rings (SSSR count). The van der Waals surface area contributed by atoms with Gasteiger partial charge in [0, 0.05) is 22.7 Å². The van der Waals surface area contributed by atoms with Crippen LogP contribution in [-0.4, -0.2) is 17.5 Å². The van der Waals surface area contributed by atoms with Gasteiger partial charge in [-0.2, -0.15) is 0 Å². The minimum atomic E-state index is -0.145. The Bertz CT molecular complexity index is 400. The van der Waals surface area contributed by atoms with E-state index in [-0.39, 0.29) is 11.9 Å². The lowest BCUT2D eigenvalue weighted by Crippen LogP contribution is -2.36. The monoisotopic (exact) mass is 253 g/mol. The maximum absolute atomic E-state index is 13.9. The second-order valence-corrected chi connectivity index (χ2v) is 5.52. The average Bonchev–Trinajstić information content (AvgIpc) is 2.73. The highest BCUT2D eigenvalue weighted by Crippen LogP contribution is 2.43. The summed E-state index contributed by atoms with van der Waals surface area (Å²) in [6.45, 7) is 1.10. The van der Waals surface area contributed by atoms with Crippen LogP contribution in [0, 0.1) is 5.82 Å². The number of hydrogen-bond donors (Lipinski definition) is 0. The van der Waals surface area contributed by atoms with Crippen molar-refractivity contribution in [2.24, 2.45) is 0 Å². The topological polar surface area (TPSA) is 3.24 Å². The molecule has 0 amide bonds. The molecule has 92 valence electrons. The van der Waals surface area contributed by atoms with Gasteiger partial charge in [-0.1, -0.05) is 24.1 Å². The Balaban J connectivity index is 1.94. The molecule has 0 N–H and O–H groups in total. The zero-order valence-electron chi connectivity index (χ0n) is 9.83. The number of nitrogens with zero attached hydrogens (tertiary/aromatic N) is 1. The first-order valence-electron chi connectivity index (χ1n) is 6.47. The second kappa shape index (κ2) is 4.58. The molecule has 2 heterocycles. The molecule has 2 aliphatic heterocycles. The summed E-state index contributed by atoms with van der Waals surface area (Å²) < 4.78 is 13.9. The van der Waals surface area contributed by atoms with Crippen LogP contribution in [0.25, 0.3) is 0 Å². The van der Waals surface area contributed by atoms with Crippen LogP contribution in [0.3, 0.4) is 0 Å². The highest BCUT2D eigenvalue weighted by Gasteiger charge is 2.37. The molecule has 1 nitrogen and oxygen atoms in total. The Morgan fingerprint density at radius 1 is 1.18 bits per heavy atom. The third-order valence-corrected chi connectivity index (χ3v) is 4.51. The molecule has 2 atom stereocenters. The van der Waals surface area contributed by atoms with Crippen LogP contribution in [0.15, 0.2) is 18.2 Å². The van der Waals surface area contributed by atoms with Gasteiger partial charge in [-0.15, -0.1) is 0 Å². The van der Waals surface area contributed by atoms with Crippen molar-refractivity contribution in [3.05, 3.63) is 34.6 Å². The molecule has 2 saturated heterocycles. The number of benzene rings is 1. The van der Waals surface area contributed by atoms with Crippen molar-refractivity contribution in [1.82, 2.24) is 4.90 Å². The van der Waals surface area contributed by atoms with Crippen molar-refractivity contribution in [1.29, 1.82) is 0 Å². The Labute approximate surface area is 107 Å². The Morgan fingerprint density at radius 2 is 2.06 bits per heavy atom. The number of halogens is 2. The van der Waals surface area contributed by atoms with E-state index in [0.29, 0.717) is 11.1 Å². The predicted octanol–water partition coefficient (Wildman–Crippen LogP) is 4.17. The van der Waals surface area contributed by atoms with Gasteiger partial charge >= 0.3 is 0 Å². The summed E-state index contributed by atoms with van der Waals surface area (Å²) in [6.07, 6.45) is 6.06. The highest BCUT2D eigenvalue weighted by atomic mass is 35.5. The SMILES string of the molecule is Fc1cccc(Cl)c1[C@H]1CC[C@H]2CCCCN21. The third kappa shape index (κ3) is 1.98. The summed E-state index contributed by atoms with van der Waals surface area (Å²) in [5, 5.41) is 0.584. The first kappa shape index (κ1) is 11.5. The molecule has 0 aromatic heterocycles. The summed E-state index contributed by atoms with van der Waals surface area (Å²) in [5.41, 5.74) is 0.721. The standard InChI is InChI=1S/C14H17ClFN/c15-11-5-3-6-12(16)14(11)13-8-7-10-4-1-2-9-17(10)13/h3,5-6,10,13H,1-2,4,7-9H2/t10-,13-/m1/s1. The van der Waals surface area contributed by atoms with Crippen molar-refractivity contribution in [3.63, 3.8) is 0 Å². The average molecular weight is 254 g/mol. The fourth-order valence-electron chi connectivity index (χ4n) is 3.40. The van der Waals surface area contributed by atoms with E-state index < -0.39 is 0 Å². The van der Waals surface area contributed by atoms with Gasteiger partial charge in [-0.3, -0.25) is 4.90 Å². The van der Waals surface area contributed by atoms with Crippen molar-refractivity contribution >= 4 is 11.6 Å². The molecule has 2 aliphatic rings. The maximum Gasteiger partial charge on any atom is 0.129 e. The van der Waals surface area contributed by atoms with Crippen LogP contribution in [-0.2, 0) is 0 Å². The summed E-state index contributed by atoms with van der Waals surface area (Å²) in [5.74, 6) is -0.145. The van der Waals surface area contributed by atoms with Crippen molar-refractivity contribution in [2.45, 2.75) is 44.2 Å². The van der Waals surface area contributed by atoms with Crippen molar-refractivity contribution in [3.8, 4) is 0 Å². The number of piperidine rings is 1. The first-order valence-corrected chi connectivity index (χ1v) is 6.85. The molecule has 1 aromatic carbocycles. The molecule has 0 bridgehead atoms. The Hall–Kier alpha value is -0.600. The number of fused-ring (bicyclic) bond motifs is 1. The van der Waals surface area contributed by atoms with Gasteiger partial charge in [0.05, 0.1) is 0 Å². The maximum atomic E-state index is 13.9. The van der Waals surface area contributed by atoms with Crippen LogP contribution < -0.4 is 0 Å². The summed E-state index contributed by atoms with van der Waals surface area (Å²) >= 11 is 6.17. The van der Waals surface area contributed by atoms with Crippen LogP contribution >= 0.6 is 11.6 Å². The number of hydrogen-bond acceptors (Lipinski definition) is 1. The molecule has 17 heavy (non-hydrogen) atoms. The van der Waals surface area contributed by atoms with E-state index in [9.17, 15) is 4.39 Å². The molecule has 2 fully saturated rings. The summed E-state index contributed by atoms with van der Waals surface area (Å²) in [6, 6.07) is 5.87. The second-order valence-electron chi connectivity index (χ2n) is 5.12. The minimum absolute atomic E-state index is 0.145. The van der Waals surface area contributed by atoms with Gasteiger partial charge in [0.1, 0.15) is 5.82 Å². The predicted molar refractivity (Wildman–Crippen MR) is 67.7 cm³/mol. The van der Waals surface area contributed by atoms with Crippen LogP contribution in [0.2, 0.25) is 5.02 Å². The van der Waals surface area contributed by atoms with Crippen LogP contribution in [0.1, 0.15) is 43.7 Å². The highest BCUT2D eigenvalue weighted by molar-refractivity contribution is 6.31. The quantitative estimate of drug-likeness (QED) is 0.726. The van der Waals surface area contributed by atoms with E-state index in [1.807, 2.05) is 0 Å². The first-order chi connectivity index (χ1) is 8.27. The van der Waals surface area contributed by atoms with Crippen molar-refractivity contribution in [2.75, 3.05) is 6.54 Å². The smallest absolute Gasteiger partial charge is 0.129 e. The van der Waals surface area contributed by atoms with E-state index in [1.54, 1.807) is 12.1 Å². The van der Waals surface area contributed by atoms with Gasteiger partial charge < -0.3 is 0 Å². The Morgan fingerprint density at radius 3 is 2.88 bits per heavy atom. The minimum Gasteiger partial charge on any atom is -0.293 e. The lowest BCUT2D eigenvalue weighted by molar-refractivity contribution is 0.148. The fourth-order valence-corrected chi connectivity index (χ4v) is 3.69. The molecule has 0 saturated carbocycles. The third-order valence-electron chi connectivity index (χ3n) is 4.18. The van der Waals surface area contributed by atoms with Gasteiger partial charge in [-0.25, -0.2) is 4.39 Å². The summed E-state index contributed by atoms with van der Waals surface area (Å²) in [7, 11) is 0. The zero-order chi connectivity index (χ0) is 11.8. The van der Waals surface area contributed by atoms with E-state index in [1.165, 1.54) is 31.7 Å². The molecule has 1 aromatic rings. The van der Waals surface area contributed by atoms with Gasteiger partial charge in [0.25, 0.3) is 0 Å². The van der Waals surface area contributed by atoms with E-state index in [4.69, 9.17) is 11.6 Å². The zero-order valence-corrected chi connectivity index (χ0v) is 10.6. The van der Waals surface area contributed by atoms with Crippen LogP contribution in [0.4, 0.5) is 4.39 Å². The molecular weight excluding hydrogens is 237 g/mol. The molecule has 0 spiro atoms. The molecule has 0 radical (unpaired) electrons. The summed E-state index contributed by atoms with van der Waals surface area (Å²) in [4.78, 5) is 2.47. The van der Waals surface area contributed by atoms with Crippen molar-refractivity contribution < 1.29 is 4.39 Å². The molecule has 0 aliphatic carbocycles. The Kier molecular flexibility index (Phi) is 3.10. The molecule has 0 unspecified atom stereocenters. The van der Waals surface area contributed by atoms with Gasteiger partial charge in [0.15, 0.2) is 0 Å². The lowest BCUT2D eigenvalue weighted by atomic mass is 10.0. The van der Waals surface area contributed by atoms with E-state index in [0.717, 1.165) is 18.5 Å². The number of rotatable bonds is 1. The van der Waals surface area contributed by atoms with E-state index in [2.05, 4.69) is 4.90 Å². The van der Waals surface area contributed by atoms with E-state index >= 15 is 0 Å². The largest absolute Gasteiger partial charge is 0.293 e. The molecular formula is C14H17ClFN. The van der Waals surface area contributed by atoms with Crippen LogP contribution in [0.5, 0.6) is 0 Å². The normalized spacial score (nSPS) is 29.3. The fraction of sp³-hybridized carbons (Fsp3) is 0.571. The van der Waals surface area contributed by atoms with Gasteiger partial charge in [-0.05, 0) is 44.4 Å². The lowest BCUT2D eigenvalue weighted by Gasteiger charge is -2.34. The van der Waals surface area contributed by atoms with Gasteiger partial charge in [0.2, 0.25) is 0 Å². The molecule has 3 heteroatoms.